The largest absolute Gasteiger partial charge is 0.426 e. The highest BCUT2D eigenvalue weighted by atomic mass is 16.6. The second kappa shape index (κ2) is 9.80. The molecule has 1 aliphatic carbocycles. The molecule has 3 rings (SSSR count). The first kappa shape index (κ1) is 27.6. The van der Waals surface area contributed by atoms with Crippen LogP contribution in [0, 0.1) is 21.4 Å². The van der Waals surface area contributed by atoms with Crippen molar-refractivity contribution in [3.63, 3.8) is 0 Å². The highest BCUT2D eigenvalue weighted by molar-refractivity contribution is 6.11. The van der Waals surface area contributed by atoms with Gasteiger partial charge in [-0.3, -0.25) is 24.5 Å². The molecule has 0 unspecified atom stereocenters. The molecule has 0 bridgehead atoms. The van der Waals surface area contributed by atoms with E-state index in [0.29, 0.717) is 5.75 Å². The molecule has 0 aromatic heterocycles. The molecule has 1 aromatic carbocycles. The Bertz CT molecular complexity index is 1300. The zero-order valence-electron chi connectivity index (χ0n) is 22.4. The summed E-state index contributed by atoms with van der Waals surface area (Å²) in [7, 11) is 1.87. The normalized spacial score (nSPS) is 19.1. The summed E-state index contributed by atoms with van der Waals surface area (Å²) in [6.45, 7) is 12.5. The lowest BCUT2D eigenvalue weighted by Gasteiger charge is -2.24. The molecule has 0 spiro atoms. The Kier molecular flexibility index (Phi) is 7.30. The van der Waals surface area contributed by atoms with Gasteiger partial charge in [0.25, 0.3) is 5.70 Å². The molecule has 0 atom stereocenters. The van der Waals surface area contributed by atoms with Gasteiger partial charge >= 0.3 is 11.9 Å². The second-order valence-corrected chi connectivity index (χ2v) is 10.9. The zero-order chi connectivity index (χ0) is 27.9. The Labute approximate surface area is 216 Å². The van der Waals surface area contributed by atoms with E-state index in [1.54, 1.807) is 46.8 Å². The van der Waals surface area contributed by atoms with Gasteiger partial charge in [0.05, 0.1) is 22.3 Å². The number of nitrogens with zero attached hydrogens (tertiary/aromatic N) is 2. The van der Waals surface area contributed by atoms with Crippen LogP contribution in [0.15, 0.2) is 65.2 Å². The number of fused-ring (bicyclic) bond motifs is 1. The lowest BCUT2D eigenvalue weighted by molar-refractivity contribution is -0.419. The Balaban J connectivity index is 1.98. The number of ketones is 1. The summed E-state index contributed by atoms with van der Waals surface area (Å²) < 4.78 is 10.7. The SMILES string of the molecule is CC(C)C(=O)OC1=CC([N+](=O)[O-])=CC(=CC=C2N(C)c3ccc(OC(=O)C(C)(C)C)cc3C2(C)C)C1=O. The van der Waals surface area contributed by atoms with Gasteiger partial charge < -0.3 is 14.4 Å². The number of carbonyl (C=O) groups excluding carboxylic acids is 3. The smallest absolute Gasteiger partial charge is 0.316 e. The molecule has 2 aliphatic rings. The fraction of sp³-hybridized carbons (Fsp3) is 0.393. The molecule has 1 aromatic rings. The molecular weight excluding hydrogens is 476 g/mol. The topological polar surface area (TPSA) is 116 Å². The van der Waals surface area contributed by atoms with Crippen LogP contribution >= 0.6 is 0 Å². The molecule has 0 radical (unpaired) electrons. The number of Topliss-reactive ketones (excluding diaryl/α,β-unsaturated/α-hetero) is 1. The Morgan fingerprint density at radius 2 is 1.76 bits per heavy atom. The van der Waals surface area contributed by atoms with E-state index in [1.807, 2.05) is 37.9 Å². The molecule has 0 amide bonds. The van der Waals surface area contributed by atoms with Crippen LogP contribution in [-0.4, -0.2) is 29.7 Å². The summed E-state index contributed by atoms with van der Waals surface area (Å²) in [6, 6.07) is 5.42. The molecule has 0 saturated carbocycles. The molecular formula is C28H32N2O7. The third-order valence-corrected chi connectivity index (χ3v) is 6.21. The summed E-state index contributed by atoms with van der Waals surface area (Å²) >= 11 is 0. The van der Waals surface area contributed by atoms with Gasteiger partial charge in [-0.1, -0.05) is 27.7 Å². The number of ether oxygens (including phenoxy) is 2. The van der Waals surface area contributed by atoms with Gasteiger partial charge in [0.1, 0.15) is 5.75 Å². The van der Waals surface area contributed by atoms with E-state index in [2.05, 4.69) is 0 Å². The van der Waals surface area contributed by atoms with Gasteiger partial charge in [-0.15, -0.1) is 0 Å². The van der Waals surface area contributed by atoms with Crippen LogP contribution in [0.4, 0.5) is 5.69 Å². The van der Waals surface area contributed by atoms with Crippen molar-refractivity contribution in [3.8, 4) is 5.75 Å². The van der Waals surface area contributed by atoms with Gasteiger partial charge in [0.15, 0.2) is 5.76 Å². The van der Waals surface area contributed by atoms with Crippen LogP contribution in [0.5, 0.6) is 5.75 Å². The van der Waals surface area contributed by atoms with Gasteiger partial charge in [-0.2, -0.15) is 0 Å². The Morgan fingerprint density at radius 1 is 1.11 bits per heavy atom. The molecule has 37 heavy (non-hydrogen) atoms. The number of rotatable bonds is 5. The lowest BCUT2D eigenvalue weighted by atomic mass is 9.83. The van der Waals surface area contributed by atoms with Crippen molar-refractivity contribution in [3.05, 3.63) is 80.9 Å². The highest BCUT2D eigenvalue weighted by Crippen LogP contribution is 2.48. The lowest BCUT2D eigenvalue weighted by Crippen LogP contribution is -2.25. The molecule has 1 heterocycles. The van der Waals surface area contributed by atoms with Crippen molar-refractivity contribution < 1.29 is 28.8 Å². The molecule has 0 saturated heterocycles. The minimum Gasteiger partial charge on any atom is -0.426 e. The molecule has 9 heteroatoms. The van der Waals surface area contributed by atoms with Crippen LogP contribution in [0.25, 0.3) is 0 Å². The number of likely N-dealkylation sites (N-methyl/N-ethyl adjacent to an activating group) is 1. The number of hydrogen-bond donors (Lipinski definition) is 0. The number of esters is 2. The first-order valence-corrected chi connectivity index (χ1v) is 11.9. The van der Waals surface area contributed by atoms with Crippen molar-refractivity contribution >= 4 is 23.4 Å². The molecule has 0 fully saturated rings. The van der Waals surface area contributed by atoms with Crippen molar-refractivity contribution in [1.29, 1.82) is 0 Å². The number of nitro groups is 1. The predicted octanol–water partition coefficient (Wildman–Crippen LogP) is 5.00. The van der Waals surface area contributed by atoms with Crippen molar-refractivity contribution in [2.24, 2.45) is 11.3 Å². The summed E-state index contributed by atoms with van der Waals surface area (Å²) in [6.07, 6.45) is 5.33. The maximum absolute atomic E-state index is 13.0. The van der Waals surface area contributed by atoms with Crippen molar-refractivity contribution in [1.82, 2.24) is 0 Å². The van der Waals surface area contributed by atoms with E-state index in [-0.39, 0.29) is 23.0 Å². The van der Waals surface area contributed by atoms with E-state index in [4.69, 9.17) is 9.47 Å². The standard InChI is InChI=1S/C28H32N2O7/c1-16(2)25(32)37-22-14-18(30(34)35)13-17(24(22)31)9-12-23-28(6,7)20-15-19(10-11-21(20)29(23)8)36-26(33)27(3,4)5/h9-16H,1-8H3. The molecule has 0 N–H and O–H groups in total. The van der Waals surface area contributed by atoms with E-state index in [0.717, 1.165) is 29.1 Å². The minimum absolute atomic E-state index is 0.0215. The van der Waals surface area contributed by atoms with Gasteiger partial charge in [0.2, 0.25) is 5.78 Å². The molecule has 196 valence electrons. The summed E-state index contributed by atoms with van der Waals surface area (Å²) in [5.41, 5.74) is 1.10. The first-order valence-electron chi connectivity index (χ1n) is 11.9. The maximum atomic E-state index is 13.0. The number of anilines is 1. The van der Waals surface area contributed by atoms with Crippen LogP contribution in [0.1, 0.15) is 54.0 Å². The zero-order valence-corrected chi connectivity index (χ0v) is 22.4. The monoisotopic (exact) mass is 508 g/mol. The number of carbonyl (C=O) groups is 3. The summed E-state index contributed by atoms with van der Waals surface area (Å²) in [5.74, 6) is -2.08. The number of hydrogen-bond acceptors (Lipinski definition) is 8. The maximum Gasteiger partial charge on any atom is 0.316 e. The van der Waals surface area contributed by atoms with Crippen LogP contribution in [0.2, 0.25) is 0 Å². The average molecular weight is 509 g/mol. The van der Waals surface area contributed by atoms with Crippen molar-refractivity contribution in [2.75, 3.05) is 11.9 Å². The molecule has 1 aliphatic heterocycles. The van der Waals surface area contributed by atoms with Crippen LogP contribution < -0.4 is 9.64 Å². The highest BCUT2D eigenvalue weighted by Gasteiger charge is 2.39. The fourth-order valence-corrected chi connectivity index (χ4v) is 3.95. The predicted molar refractivity (Wildman–Crippen MR) is 138 cm³/mol. The summed E-state index contributed by atoms with van der Waals surface area (Å²) in [5, 5.41) is 11.5. The first-order chi connectivity index (χ1) is 17.0. The Hall–Kier alpha value is -4.01. The van der Waals surface area contributed by atoms with E-state index in [9.17, 15) is 24.5 Å². The minimum atomic E-state index is -0.656. The fourth-order valence-electron chi connectivity index (χ4n) is 3.95. The van der Waals surface area contributed by atoms with Crippen LogP contribution in [0.3, 0.4) is 0 Å². The van der Waals surface area contributed by atoms with E-state index in [1.165, 1.54) is 6.08 Å². The number of benzene rings is 1. The third kappa shape index (κ3) is 5.55. The molecule has 9 nitrogen and oxygen atoms in total. The van der Waals surface area contributed by atoms with Crippen LogP contribution in [-0.2, 0) is 24.5 Å². The van der Waals surface area contributed by atoms with Crippen molar-refractivity contribution in [2.45, 2.75) is 53.9 Å². The average Bonchev–Trinajstić information content (AvgIpc) is 2.98. The number of allylic oxidation sites excluding steroid dienone is 6. The Morgan fingerprint density at radius 3 is 2.32 bits per heavy atom. The van der Waals surface area contributed by atoms with Gasteiger partial charge in [0, 0.05) is 35.5 Å². The quantitative estimate of drug-likeness (QED) is 0.179. The third-order valence-electron chi connectivity index (χ3n) is 6.21. The van der Waals surface area contributed by atoms with Gasteiger partial charge in [-0.05, 0) is 56.7 Å². The second-order valence-electron chi connectivity index (χ2n) is 10.9. The van der Waals surface area contributed by atoms with E-state index < -0.39 is 33.4 Å². The summed E-state index contributed by atoms with van der Waals surface area (Å²) in [4.78, 5) is 50.1. The van der Waals surface area contributed by atoms with E-state index >= 15 is 0 Å². The van der Waals surface area contributed by atoms with Gasteiger partial charge in [-0.25, -0.2) is 0 Å².